The molecule has 0 radical (unpaired) electrons. The van der Waals surface area contributed by atoms with Gasteiger partial charge in [0, 0.05) is 11.1 Å². The van der Waals surface area contributed by atoms with Gasteiger partial charge in [0.15, 0.2) is 0 Å². The van der Waals surface area contributed by atoms with Crippen molar-refractivity contribution in [1.29, 1.82) is 0 Å². The lowest BCUT2D eigenvalue weighted by atomic mass is 10.2. The number of rotatable bonds is 4. The molecule has 0 fully saturated rings. The quantitative estimate of drug-likeness (QED) is 0.658. The molecule has 2 aromatic heterocycles. The van der Waals surface area contributed by atoms with Crippen LogP contribution in [-0.4, -0.2) is 15.1 Å². The van der Waals surface area contributed by atoms with Crippen LogP contribution < -0.4 is 5.32 Å². The molecule has 94 valence electrons. The van der Waals surface area contributed by atoms with Crippen molar-refractivity contribution in [2.45, 2.75) is 20.4 Å². The Morgan fingerprint density at radius 1 is 1.44 bits per heavy atom. The summed E-state index contributed by atoms with van der Waals surface area (Å²) in [6.45, 7) is 4.03. The molecular formula is C11H12N4O3. The third-order valence-electron chi connectivity index (χ3n) is 2.56. The van der Waals surface area contributed by atoms with Crippen molar-refractivity contribution in [3.05, 3.63) is 45.5 Å². The van der Waals surface area contributed by atoms with Gasteiger partial charge in [0.05, 0.1) is 11.5 Å². The summed E-state index contributed by atoms with van der Waals surface area (Å²) in [5.74, 6) is 0.570. The number of hydrogen-bond acceptors (Lipinski definition) is 6. The van der Waals surface area contributed by atoms with Crippen LogP contribution in [0.1, 0.15) is 16.8 Å². The van der Waals surface area contributed by atoms with E-state index < -0.39 is 4.92 Å². The van der Waals surface area contributed by atoms with Crippen molar-refractivity contribution >= 4 is 11.5 Å². The highest BCUT2D eigenvalue weighted by Crippen LogP contribution is 2.19. The molecular weight excluding hydrogens is 236 g/mol. The topological polar surface area (TPSA) is 94.1 Å². The first kappa shape index (κ1) is 12.0. The van der Waals surface area contributed by atoms with Crippen LogP contribution in [0.25, 0.3) is 0 Å². The zero-order valence-electron chi connectivity index (χ0n) is 10.0. The van der Waals surface area contributed by atoms with E-state index in [1.54, 1.807) is 19.3 Å². The minimum Gasteiger partial charge on any atom is -0.364 e. The molecule has 0 aliphatic carbocycles. The zero-order valence-corrected chi connectivity index (χ0v) is 10.0. The highest BCUT2D eigenvalue weighted by molar-refractivity contribution is 5.47. The van der Waals surface area contributed by atoms with Gasteiger partial charge < -0.3 is 9.84 Å². The molecule has 0 amide bonds. The monoisotopic (exact) mass is 248 g/mol. The fraction of sp³-hybridized carbons (Fsp3) is 0.273. The van der Waals surface area contributed by atoms with Gasteiger partial charge in [0.2, 0.25) is 0 Å². The lowest BCUT2D eigenvalue weighted by Gasteiger charge is -2.04. The first-order valence-electron chi connectivity index (χ1n) is 5.32. The Labute approximate surface area is 103 Å². The van der Waals surface area contributed by atoms with E-state index in [0.29, 0.717) is 17.9 Å². The normalized spacial score (nSPS) is 10.3. The fourth-order valence-electron chi connectivity index (χ4n) is 1.49. The Morgan fingerprint density at radius 2 is 2.22 bits per heavy atom. The average Bonchev–Trinajstić information content (AvgIpc) is 2.72. The van der Waals surface area contributed by atoms with Crippen LogP contribution in [0.4, 0.5) is 11.5 Å². The molecule has 2 rings (SSSR count). The number of hydrogen-bond donors (Lipinski definition) is 1. The van der Waals surface area contributed by atoms with Crippen molar-refractivity contribution in [2.24, 2.45) is 0 Å². The molecule has 0 saturated heterocycles. The van der Waals surface area contributed by atoms with Gasteiger partial charge in [-0.15, -0.1) is 0 Å². The summed E-state index contributed by atoms with van der Waals surface area (Å²) >= 11 is 0. The van der Waals surface area contributed by atoms with Gasteiger partial charge in [-0.3, -0.25) is 10.1 Å². The molecule has 0 aromatic carbocycles. The minimum absolute atomic E-state index is 0.0122. The molecule has 0 atom stereocenters. The molecule has 1 N–H and O–H groups in total. The van der Waals surface area contributed by atoms with Gasteiger partial charge in [-0.05, 0) is 19.9 Å². The largest absolute Gasteiger partial charge is 0.364 e. The highest BCUT2D eigenvalue weighted by atomic mass is 16.6. The second kappa shape index (κ2) is 4.82. The Balaban J connectivity index is 2.09. The van der Waals surface area contributed by atoms with Crippen LogP contribution in [0, 0.1) is 24.0 Å². The third-order valence-corrected chi connectivity index (χ3v) is 2.56. The van der Waals surface area contributed by atoms with E-state index in [-0.39, 0.29) is 5.69 Å². The van der Waals surface area contributed by atoms with Gasteiger partial charge >= 0.3 is 0 Å². The predicted octanol–water partition coefficient (Wildman–Crippen LogP) is 2.21. The lowest BCUT2D eigenvalue weighted by Crippen LogP contribution is -2.04. The Bertz CT molecular complexity index is 579. The van der Waals surface area contributed by atoms with E-state index in [1.165, 1.54) is 6.20 Å². The summed E-state index contributed by atoms with van der Waals surface area (Å²) in [7, 11) is 0. The van der Waals surface area contributed by atoms with E-state index in [1.807, 2.05) is 6.92 Å². The second-order valence-corrected chi connectivity index (χ2v) is 3.91. The molecule has 7 nitrogen and oxygen atoms in total. The molecule has 7 heteroatoms. The van der Waals surface area contributed by atoms with Crippen molar-refractivity contribution in [3.8, 4) is 0 Å². The summed E-state index contributed by atoms with van der Waals surface area (Å²) in [6, 6.07) is 1.63. The molecule has 0 saturated carbocycles. The van der Waals surface area contributed by atoms with Crippen LogP contribution >= 0.6 is 0 Å². The second-order valence-electron chi connectivity index (χ2n) is 3.91. The molecule has 2 heterocycles. The number of aryl methyl sites for hydroxylation is 2. The van der Waals surface area contributed by atoms with Gasteiger partial charge in [0.25, 0.3) is 5.69 Å². The minimum atomic E-state index is -0.451. The van der Waals surface area contributed by atoms with Crippen molar-refractivity contribution < 1.29 is 9.45 Å². The standard InChI is InChI=1S/C11H12N4O3/c1-7-3-11(13-5-10(7)15(16)17)12-4-9-8(2)6-18-14-9/h3,5-6H,4H2,1-2H3,(H,12,13). The molecule has 0 bridgehead atoms. The van der Waals surface area contributed by atoms with E-state index in [2.05, 4.69) is 15.5 Å². The number of anilines is 1. The van der Waals surface area contributed by atoms with Crippen LogP contribution in [0.3, 0.4) is 0 Å². The molecule has 0 spiro atoms. The van der Waals surface area contributed by atoms with Gasteiger partial charge in [-0.2, -0.15) is 0 Å². The fourth-order valence-corrected chi connectivity index (χ4v) is 1.49. The highest BCUT2D eigenvalue weighted by Gasteiger charge is 2.11. The van der Waals surface area contributed by atoms with Crippen LogP contribution in [-0.2, 0) is 6.54 Å². The third kappa shape index (κ3) is 2.45. The number of pyridine rings is 1. The first-order valence-corrected chi connectivity index (χ1v) is 5.32. The summed E-state index contributed by atoms with van der Waals surface area (Å²) in [4.78, 5) is 14.2. The predicted molar refractivity (Wildman–Crippen MR) is 64.2 cm³/mol. The maximum absolute atomic E-state index is 10.6. The SMILES string of the molecule is Cc1cc(NCc2nocc2C)ncc1[N+](=O)[O-]. The summed E-state index contributed by atoms with van der Waals surface area (Å²) < 4.78 is 4.81. The van der Waals surface area contributed by atoms with Crippen molar-refractivity contribution in [3.63, 3.8) is 0 Å². The average molecular weight is 248 g/mol. The summed E-state index contributed by atoms with van der Waals surface area (Å²) in [6.07, 6.45) is 2.80. The lowest BCUT2D eigenvalue weighted by molar-refractivity contribution is -0.385. The van der Waals surface area contributed by atoms with E-state index in [9.17, 15) is 10.1 Å². The maximum atomic E-state index is 10.6. The van der Waals surface area contributed by atoms with Crippen LogP contribution in [0.15, 0.2) is 23.0 Å². The smallest absolute Gasteiger partial charge is 0.290 e. The van der Waals surface area contributed by atoms with Crippen LogP contribution in [0.2, 0.25) is 0 Å². The van der Waals surface area contributed by atoms with E-state index in [4.69, 9.17) is 4.52 Å². The molecule has 2 aromatic rings. The summed E-state index contributed by atoms with van der Waals surface area (Å²) in [5.41, 5.74) is 2.31. The molecule has 0 aliphatic heterocycles. The first-order chi connectivity index (χ1) is 8.58. The van der Waals surface area contributed by atoms with Gasteiger partial charge in [-0.1, -0.05) is 5.16 Å². The number of nitrogens with one attached hydrogen (secondary N) is 1. The molecule has 18 heavy (non-hydrogen) atoms. The van der Waals surface area contributed by atoms with Gasteiger partial charge in [0.1, 0.15) is 24.0 Å². The number of aromatic nitrogens is 2. The molecule has 0 aliphatic rings. The Hall–Kier alpha value is -2.44. The number of nitro groups is 1. The van der Waals surface area contributed by atoms with Gasteiger partial charge in [-0.25, -0.2) is 4.98 Å². The van der Waals surface area contributed by atoms with E-state index >= 15 is 0 Å². The Morgan fingerprint density at radius 3 is 2.78 bits per heavy atom. The number of nitrogens with zero attached hydrogens (tertiary/aromatic N) is 3. The van der Waals surface area contributed by atoms with E-state index in [0.717, 1.165) is 11.3 Å². The van der Waals surface area contributed by atoms with Crippen molar-refractivity contribution in [2.75, 3.05) is 5.32 Å². The zero-order chi connectivity index (χ0) is 13.1. The van der Waals surface area contributed by atoms with Crippen LogP contribution in [0.5, 0.6) is 0 Å². The van der Waals surface area contributed by atoms with Crippen molar-refractivity contribution in [1.82, 2.24) is 10.1 Å². The molecule has 0 unspecified atom stereocenters. The summed E-state index contributed by atoms with van der Waals surface area (Å²) in [5, 5.41) is 17.5. The Kier molecular flexibility index (Phi) is 3.22. The maximum Gasteiger partial charge on any atom is 0.290 e.